The van der Waals surface area contributed by atoms with Crippen LogP contribution in [0.1, 0.15) is 65.2 Å². The molecule has 0 saturated carbocycles. The third kappa shape index (κ3) is 5.85. The molecule has 1 amide bonds. The first kappa shape index (κ1) is 15.5. The number of nitrogens with zero attached hydrogens (tertiary/aromatic N) is 1. The van der Waals surface area contributed by atoms with Gasteiger partial charge in [0.25, 0.3) is 0 Å². The average Bonchev–Trinajstić information content (AvgIpc) is 2.37. The maximum Gasteiger partial charge on any atom is 0.239 e. The van der Waals surface area contributed by atoms with Crippen molar-refractivity contribution in [3.05, 3.63) is 0 Å². The Morgan fingerprint density at radius 3 is 2.39 bits per heavy atom. The van der Waals surface area contributed by atoms with Gasteiger partial charge in [-0.05, 0) is 13.3 Å². The molecule has 1 atom stereocenters. The topological polar surface area (TPSA) is 32.3 Å². The lowest BCUT2D eigenvalue weighted by Crippen LogP contribution is -2.53. The molecule has 0 aromatic rings. The van der Waals surface area contributed by atoms with Crippen LogP contribution in [0.25, 0.3) is 0 Å². The number of nitrogens with one attached hydrogen (secondary N) is 1. The van der Waals surface area contributed by atoms with E-state index in [0.717, 1.165) is 19.6 Å². The summed E-state index contributed by atoms with van der Waals surface area (Å²) in [6.45, 7) is 7.01. The van der Waals surface area contributed by atoms with Gasteiger partial charge in [-0.25, -0.2) is 0 Å². The predicted molar refractivity (Wildman–Crippen MR) is 76.7 cm³/mol. The summed E-state index contributed by atoms with van der Waals surface area (Å²) in [5, 5.41) is 3.20. The first-order chi connectivity index (χ1) is 8.75. The molecule has 0 radical (unpaired) electrons. The van der Waals surface area contributed by atoms with Crippen molar-refractivity contribution < 1.29 is 4.79 Å². The fraction of sp³-hybridized carbons (Fsp3) is 0.933. The third-order valence-corrected chi connectivity index (χ3v) is 3.80. The summed E-state index contributed by atoms with van der Waals surface area (Å²) < 4.78 is 0. The molecule has 0 aliphatic carbocycles. The van der Waals surface area contributed by atoms with Gasteiger partial charge in [-0.3, -0.25) is 4.79 Å². The van der Waals surface area contributed by atoms with Crippen molar-refractivity contribution >= 4 is 5.91 Å². The summed E-state index contributed by atoms with van der Waals surface area (Å²) in [5.74, 6) is 0.282. The van der Waals surface area contributed by atoms with Crippen LogP contribution in [0.5, 0.6) is 0 Å². The number of unbranched alkanes of at least 4 members (excludes halogenated alkanes) is 7. The smallest absolute Gasteiger partial charge is 0.239 e. The van der Waals surface area contributed by atoms with Gasteiger partial charge in [-0.1, -0.05) is 51.9 Å². The van der Waals surface area contributed by atoms with Gasteiger partial charge >= 0.3 is 0 Å². The molecule has 1 aliphatic rings. The van der Waals surface area contributed by atoms with E-state index in [1.807, 2.05) is 11.8 Å². The highest BCUT2D eigenvalue weighted by Gasteiger charge is 2.23. The first-order valence-corrected chi connectivity index (χ1v) is 7.78. The van der Waals surface area contributed by atoms with Crippen molar-refractivity contribution in [2.45, 2.75) is 71.3 Å². The highest BCUT2D eigenvalue weighted by molar-refractivity contribution is 5.82. The molecule has 1 N–H and O–H groups in total. The highest BCUT2D eigenvalue weighted by Crippen LogP contribution is 2.10. The van der Waals surface area contributed by atoms with Crippen LogP contribution in [0.15, 0.2) is 0 Å². The van der Waals surface area contributed by atoms with Gasteiger partial charge in [0.05, 0.1) is 6.04 Å². The van der Waals surface area contributed by atoms with Crippen LogP contribution in [0.2, 0.25) is 0 Å². The Bertz CT molecular complexity index is 231. The largest absolute Gasteiger partial charge is 0.340 e. The molecule has 1 saturated heterocycles. The van der Waals surface area contributed by atoms with Gasteiger partial charge in [-0.15, -0.1) is 0 Å². The van der Waals surface area contributed by atoms with E-state index in [2.05, 4.69) is 12.2 Å². The second-order valence-electron chi connectivity index (χ2n) is 5.48. The zero-order valence-electron chi connectivity index (χ0n) is 12.2. The van der Waals surface area contributed by atoms with E-state index in [0.29, 0.717) is 0 Å². The summed E-state index contributed by atoms with van der Waals surface area (Å²) in [5.41, 5.74) is 0. The zero-order valence-corrected chi connectivity index (χ0v) is 12.2. The maximum absolute atomic E-state index is 11.8. The minimum Gasteiger partial charge on any atom is -0.340 e. The fourth-order valence-electron chi connectivity index (χ4n) is 2.55. The van der Waals surface area contributed by atoms with Gasteiger partial charge in [0, 0.05) is 19.6 Å². The van der Waals surface area contributed by atoms with Gasteiger partial charge in [0.2, 0.25) is 5.91 Å². The number of amides is 1. The quantitative estimate of drug-likeness (QED) is 0.642. The number of hydrogen-bond donors (Lipinski definition) is 1. The number of carbonyl (C=O) groups excluding carboxylic acids is 1. The summed E-state index contributed by atoms with van der Waals surface area (Å²) in [7, 11) is 0. The number of piperazine rings is 1. The molecule has 3 heteroatoms. The summed E-state index contributed by atoms with van der Waals surface area (Å²) in [6, 6.07) is 0.0211. The van der Waals surface area contributed by atoms with E-state index < -0.39 is 0 Å². The van der Waals surface area contributed by atoms with Crippen LogP contribution in [-0.2, 0) is 4.79 Å². The molecule has 1 heterocycles. The van der Waals surface area contributed by atoms with Gasteiger partial charge in [-0.2, -0.15) is 0 Å². The van der Waals surface area contributed by atoms with E-state index >= 15 is 0 Å². The van der Waals surface area contributed by atoms with Gasteiger partial charge < -0.3 is 10.2 Å². The Labute approximate surface area is 112 Å². The molecule has 1 aliphatic heterocycles. The summed E-state index contributed by atoms with van der Waals surface area (Å²) in [6.07, 6.45) is 10.6. The van der Waals surface area contributed by atoms with E-state index in [-0.39, 0.29) is 11.9 Å². The Balaban J connectivity index is 1.95. The zero-order chi connectivity index (χ0) is 13.2. The minimum absolute atomic E-state index is 0.0211. The molecule has 1 rings (SSSR count). The molecule has 0 aromatic carbocycles. The van der Waals surface area contributed by atoms with Crippen molar-refractivity contribution in [3.63, 3.8) is 0 Å². The van der Waals surface area contributed by atoms with Gasteiger partial charge in [0.15, 0.2) is 0 Å². The first-order valence-electron chi connectivity index (χ1n) is 7.78. The van der Waals surface area contributed by atoms with Crippen molar-refractivity contribution in [2.24, 2.45) is 0 Å². The van der Waals surface area contributed by atoms with E-state index in [4.69, 9.17) is 0 Å². The molecule has 0 aromatic heterocycles. The SMILES string of the molecule is CCCCCCCCCCN1CCNC(C)C1=O. The molecular weight excluding hydrogens is 224 g/mol. The lowest BCUT2D eigenvalue weighted by Gasteiger charge is -2.31. The molecule has 0 bridgehead atoms. The van der Waals surface area contributed by atoms with Crippen LogP contribution in [0.4, 0.5) is 0 Å². The second kappa shape index (κ2) is 9.37. The molecular formula is C15H30N2O. The lowest BCUT2D eigenvalue weighted by atomic mass is 10.1. The lowest BCUT2D eigenvalue weighted by molar-refractivity contribution is -0.135. The molecule has 0 spiro atoms. The Morgan fingerprint density at radius 2 is 1.72 bits per heavy atom. The van der Waals surface area contributed by atoms with Crippen LogP contribution in [0.3, 0.4) is 0 Å². The Morgan fingerprint density at radius 1 is 1.11 bits per heavy atom. The average molecular weight is 254 g/mol. The van der Waals surface area contributed by atoms with Crippen LogP contribution < -0.4 is 5.32 Å². The van der Waals surface area contributed by atoms with Crippen molar-refractivity contribution in [1.29, 1.82) is 0 Å². The molecule has 18 heavy (non-hydrogen) atoms. The predicted octanol–water partition coefficient (Wildman–Crippen LogP) is 2.95. The van der Waals surface area contributed by atoms with Crippen molar-refractivity contribution in [3.8, 4) is 0 Å². The van der Waals surface area contributed by atoms with Crippen molar-refractivity contribution in [1.82, 2.24) is 10.2 Å². The van der Waals surface area contributed by atoms with E-state index in [9.17, 15) is 4.79 Å². The van der Waals surface area contributed by atoms with E-state index in [1.165, 1.54) is 51.4 Å². The Kier molecular flexibility index (Phi) is 8.06. The fourth-order valence-corrected chi connectivity index (χ4v) is 2.55. The molecule has 106 valence electrons. The van der Waals surface area contributed by atoms with Crippen LogP contribution in [0, 0.1) is 0 Å². The summed E-state index contributed by atoms with van der Waals surface area (Å²) >= 11 is 0. The van der Waals surface area contributed by atoms with Crippen LogP contribution >= 0.6 is 0 Å². The number of hydrogen-bond acceptors (Lipinski definition) is 2. The van der Waals surface area contributed by atoms with E-state index in [1.54, 1.807) is 0 Å². The number of carbonyl (C=O) groups is 1. The standard InChI is InChI=1S/C15H30N2O/c1-3-4-5-6-7-8-9-10-12-17-13-11-16-14(2)15(17)18/h14,16H,3-13H2,1-2H3. The second-order valence-corrected chi connectivity index (χ2v) is 5.48. The number of rotatable bonds is 9. The minimum atomic E-state index is 0.0211. The van der Waals surface area contributed by atoms with Gasteiger partial charge in [0.1, 0.15) is 0 Å². The monoisotopic (exact) mass is 254 g/mol. The third-order valence-electron chi connectivity index (χ3n) is 3.80. The normalized spacial score (nSPS) is 20.4. The van der Waals surface area contributed by atoms with Crippen molar-refractivity contribution in [2.75, 3.05) is 19.6 Å². The highest BCUT2D eigenvalue weighted by atomic mass is 16.2. The van der Waals surface area contributed by atoms with Crippen LogP contribution in [-0.4, -0.2) is 36.5 Å². The Hall–Kier alpha value is -0.570. The molecule has 1 fully saturated rings. The molecule has 1 unspecified atom stereocenters. The summed E-state index contributed by atoms with van der Waals surface area (Å²) in [4.78, 5) is 13.9. The molecule has 3 nitrogen and oxygen atoms in total. The maximum atomic E-state index is 11.8.